The van der Waals surface area contributed by atoms with Crippen LogP contribution in [0.1, 0.15) is 42.6 Å². The summed E-state index contributed by atoms with van der Waals surface area (Å²) in [6.07, 6.45) is 0.996. The number of nitrogens with one attached hydrogen (secondary N) is 1. The predicted octanol–water partition coefficient (Wildman–Crippen LogP) is 2.14. The van der Waals surface area contributed by atoms with Crippen molar-refractivity contribution in [1.29, 1.82) is 0 Å². The lowest BCUT2D eigenvalue weighted by atomic mass is 9.97. The molecule has 19 heavy (non-hydrogen) atoms. The van der Waals surface area contributed by atoms with Gasteiger partial charge in [0.15, 0.2) is 0 Å². The van der Waals surface area contributed by atoms with Crippen molar-refractivity contribution in [2.45, 2.75) is 32.4 Å². The van der Waals surface area contributed by atoms with Crippen LogP contribution >= 0.6 is 0 Å². The smallest absolute Gasteiger partial charge is 0.373 e. The molecule has 1 aliphatic heterocycles. The zero-order valence-electron chi connectivity index (χ0n) is 11.6. The first-order chi connectivity index (χ1) is 9.11. The maximum absolute atomic E-state index is 11.3. The van der Waals surface area contributed by atoms with Gasteiger partial charge in [-0.1, -0.05) is 6.92 Å². The first-order valence-electron chi connectivity index (χ1n) is 6.63. The van der Waals surface area contributed by atoms with Crippen LogP contribution in [0.25, 0.3) is 0 Å². The molecule has 0 amide bonds. The zero-order valence-corrected chi connectivity index (χ0v) is 11.6. The Morgan fingerprint density at radius 1 is 1.53 bits per heavy atom. The molecule has 3 atom stereocenters. The molecular formula is C14H21NO4. The number of hydrogen-bond acceptors (Lipinski definition) is 5. The Balaban J connectivity index is 1.97. The van der Waals surface area contributed by atoms with Crippen molar-refractivity contribution in [2.75, 3.05) is 20.3 Å². The summed E-state index contributed by atoms with van der Waals surface area (Å²) in [7, 11) is 1.34. The van der Waals surface area contributed by atoms with Crippen molar-refractivity contribution < 1.29 is 18.7 Å². The molecule has 0 spiro atoms. The van der Waals surface area contributed by atoms with Crippen LogP contribution in [0.15, 0.2) is 16.5 Å². The SMILES string of the molecule is COC(=O)c1ccc(C(C)NC2CCOCC2C)o1. The molecule has 3 unspecified atom stereocenters. The van der Waals surface area contributed by atoms with Crippen LogP contribution in [0.3, 0.4) is 0 Å². The molecule has 0 aromatic carbocycles. The van der Waals surface area contributed by atoms with Crippen LogP contribution < -0.4 is 5.32 Å². The van der Waals surface area contributed by atoms with Gasteiger partial charge in [0.05, 0.1) is 19.8 Å². The van der Waals surface area contributed by atoms with Crippen molar-refractivity contribution in [3.05, 3.63) is 23.7 Å². The lowest BCUT2D eigenvalue weighted by molar-refractivity contribution is 0.0354. The Labute approximate surface area is 113 Å². The monoisotopic (exact) mass is 267 g/mol. The quantitative estimate of drug-likeness (QED) is 0.847. The Hall–Kier alpha value is -1.33. The number of carbonyl (C=O) groups excluding carboxylic acids is 1. The zero-order chi connectivity index (χ0) is 13.8. The van der Waals surface area contributed by atoms with Gasteiger partial charge in [0, 0.05) is 12.6 Å². The van der Waals surface area contributed by atoms with E-state index in [2.05, 4.69) is 17.0 Å². The third-order valence-corrected chi connectivity index (χ3v) is 3.55. The second kappa shape index (κ2) is 6.21. The molecule has 1 N–H and O–H groups in total. The first kappa shape index (κ1) is 14.1. The summed E-state index contributed by atoms with van der Waals surface area (Å²) in [6.45, 7) is 5.78. The fourth-order valence-electron chi connectivity index (χ4n) is 2.33. The second-order valence-corrected chi connectivity index (χ2v) is 5.03. The van der Waals surface area contributed by atoms with Crippen molar-refractivity contribution >= 4 is 5.97 Å². The summed E-state index contributed by atoms with van der Waals surface area (Å²) in [5.41, 5.74) is 0. The second-order valence-electron chi connectivity index (χ2n) is 5.03. The van der Waals surface area contributed by atoms with Gasteiger partial charge in [-0.15, -0.1) is 0 Å². The molecule has 1 aromatic heterocycles. The lowest BCUT2D eigenvalue weighted by Gasteiger charge is -2.31. The molecule has 2 rings (SSSR count). The molecule has 0 aliphatic carbocycles. The third-order valence-electron chi connectivity index (χ3n) is 3.55. The van der Waals surface area contributed by atoms with Gasteiger partial charge in [-0.05, 0) is 31.4 Å². The van der Waals surface area contributed by atoms with E-state index in [1.165, 1.54) is 7.11 Å². The Morgan fingerprint density at radius 2 is 2.32 bits per heavy atom. The number of hydrogen-bond donors (Lipinski definition) is 1. The minimum absolute atomic E-state index is 0.0592. The van der Waals surface area contributed by atoms with Gasteiger partial charge >= 0.3 is 5.97 Å². The van der Waals surface area contributed by atoms with Gasteiger partial charge in [0.2, 0.25) is 5.76 Å². The summed E-state index contributed by atoms with van der Waals surface area (Å²) < 4.78 is 15.6. The molecule has 0 saturated carbocycles. The van der Waals surface area contributed by atoms with Crippen molar-refractivity contribution in [3.63, 3.8) is 0 Å². The highest BCUT2D eigenvalue weighted by atomic mass is 16.5. The molecule has 106 valence electrons. The topological polar surface area (TPSA) is 60.7 Å². The summed E-state index contributed by atoms with van der Waals surface area (Å²) in [4.78, 5) is 11.3. The fourth-order valence-corrected chi connectivity index (χ4v) is 2.33. The number of methoxy groups -OCH3 is 1. The first-order valence-corrected chi connectivity index (χ1v) is 6.63. The number of furan rings is 1. The van der Waals surface area contributed by atoms with Gasteiger partial charge in [-0.3, -0.25) is 0 Å². The van der Waals surface area contributed by atoms with Crippen LogP contribution in [-0.4, -0.2) is 32.3 Å². The summed E-state index contributed by atoms with van der Waals surface area (Å²) in [5, 5.41) is 3.53. The lowest BCUT2D eigenvalue weighted by Crippen LogP contribution is -2.42. The van der Waals surface area contributed by atoms with Gasteiger partial charge < -0.3 is 19.2 Å². The van der Waals surface area contributed by atoms with E-state index in [0.29, 0.717) is 12.0 Å². The van der Waals surface area contributed by atoms with Gasteiger partial charge in [-0.25, -0.2) is 4.79 Å². The molecule has 5 heteroatoms. The predicted molar refractivity (Wildman–Crippen MR) is 70.0 cm³/mol. The van der Waals surface area contributed by atoms with Crippen molar-refractivity contribution in [3.8, 4) is 0 Å². The van der Waals surface area contributed by atoms with Crippen molar-refractivity contribution in [2.24, 2.45) is 5.92 Å². The van der Waals surface area contributed by atoms with Gasteiger partial charge in [0.1, 0.15) is 5.76 Å². The summed E-state index contributed by atoms with van der Waals surface area (Å²) in [6, 6.07) is 3.93. The number of esters is 1. The molecular weight excluding hydrogens is 246 g/mol. The standard InChI is InChI=1S/C14H21NO4/c1-9-8-18-7-6-11(9)15-10(2)12-4-5-13(19-12)14(16)17-3/h4-5,9-11,15H,6-8H2,1-3H3. The average molecular weight is 267 g/mol. The van der Waals surface area contributed by atoms with E-state index in [1.807, 2.05) is 13.0 Å². The molecule has 1 saturated heterocycles. The van der Waals surface area contributed by atoms with Crippen LogP contribution in [0.2, 0.25) is 0 Å². The number of carbonyl (C=O) groups is 1. The maximum atomic E-state index is 11.3. The molecule has 1 aliphatic rings. The normalized spacial score (nSPS) is 25.0. The average Bonchev–Trinajstić information content (AvgIpc) is 2.90. The van der Waals surface area contributed by atoms with E-state index in [9.17, 15) is 4.79 Å². The highest BCUT2D eigenvalue weighted by molar-refractivity contribution is 5.86. The molecule has 1 aromatic rings. The molecule has 5 nitrogen and oxygen atoms in total. The van der Waals surface area contributed by atoms with E-state index in [4.69, 9.17) is 9.15 Å². The number of rotatable bonds is 4. The molecule has 0 bridgehead atoms. The van der Waals surface area contributed by atoms with Crippen LogP contribution in [0.5, 0.6) is 0 Å². The van der Waals surface area contributed by atoms with E-state index < -0.39 is 5.97 Å². The van der Waals surface area contributed by atoms with Gasteiger partial charge in [-0.2, -0.15) is 0 Å². The van der Waals surface area contributed by atoms with Crippen LogP contribution in [0, 0.1) is 5.92 Å². The number of ether oxygens (including phenoxy) is 2. The van der Waals surface area contributed by atoms with Crippen molar-refractivity contribution in [1.82, 2.24) is 5.32 Å². The highest BCUT2D eigenvalue weighted by Crippen LogP contribution is 2.21. The van der Waals surface area contributed by atoms with E-state index in [-0.39, 0.29) is 11.8 Å². The largest absolute Gasteiger partial charge is 0.463 e. The van der Waals surface area contributed by atoms with E-state index in [0.717, 1.165) is 25.4 Å². The Kier molecular flexibility index (Phi) is 4.61. The minimum atomic E-state index is -0.446. The van der Waals surface area contributed by atoms with E-state index >= 15 is 0 Å². The molecule has 1 fully saturated rings. The maximum Gasteiger partial charge on any atom is 0.373 e. The molecule has 0 radical (unpaired) electrons. The highest BCUT2D eigenvalue weighted by Gasteiger charge is 2.24. The molecule has 2 heterocycles. The van der Waals surface area contributed by atoms with Crippen LogP contribution in [-0.2, 0) is 9.47 Å². The third kappa shape index (κ3) is 3.36. The summed E-state index contributed by atoms with van der Waals surface area (Å²) >= 11 is 0. The van der Waals surface area contributed by atoms with E-state index in [1.54, 1.807) is 6.07 Å². The Bertz CT molecular complexity index is 429. The van der Waals surface area contributed by atoms with Crippen LogP contribution in [0.4, 0.5) is 0 Å². The fraction of sp³-hybridized carbons (Fsp3) is 0.643. The Morgan fingerprint density at radius 3 is 3.00 bits per heavy atom. The van der Waals surface area contributed by atoms with Gasteiger partial charge in [0.25, 0.3) is 0 Å². The minimum Gasteiger partial charge on any atom is -0.463 e. The summed E-state index contributed by atoms with van der Waals surface area (Å²) in [5.74, 6) is 1.02.